The quantitative estimate of drug-likeness (QED) is 0.579. The van der Waals surface area contributed by atoms with Gasteiger partial charge in [0.1, 0.15) is 5.65 Å². The van der Waals surface area contributed by atoms with E-state index in [-0.39, 0.29) is 24.4 Å². The number of aliphatic hydroxyl groups excluding tert-OH is 1. The number of aromatic nitrogens is 4. The van der Waals surface area contributed by atoms with Crippen molar-refractivity contribution in [3.8, 4) is 11.4 Å². The first-order valence-electron chi connectivity index (χ1n) is 10.4. The Morgan fingerprint density at radius 2 is 2.17 bits per heavy atom. The predicted octanol–water partition coefficient (Wildman–Crippen LogP) is 4.27. The number of anilines is 1. The highest BCUT2D eigenvalue weighted by atomic mass is 35.5. The first kappa shape index (κ1) is 18.5. The highest BCUT2D eigenvalue weighted by Crippen LogP contribution is 2.88. The van der Waals surface area contributed by atoms with E-state index in [1.165, 1.54) is 6.20 Å². The van der Waals surface area contributed by atoms with Crippen molar-refractivity contribution in [1.29, 1.82) is 0 Å². The second-order valence-corrected chi connectivity index (χ2v) is 9.99. The van der Waals surface area contributed by atoms with Gasteiger partial charge in [0, 0.05) is 41.9 Å². The molecule has 0 amide bonds. The van der Waals surface area contributed by atoms with Crippen LogP contribution in [0.3, 0.4) is 0 Å². The fourth-order valence-electron chi connectivity index (χ4n) is 6.71. The van der Waals surface area contributed by atoms with E-state index in [1.54, 1.807) is 18.5 Å². The van der Waals surface area contributed by atoms with Gasteiger partial charge < -0.3 is 15.4 Å². The zero-order valence-corrected chi connectivity index (χ0v) is 17.5. The van der Waals surface area contributed by atoms with Crippen LogP contribution in [0.1, 0.15) is 26.7 Å². The lowest BCUT2D eigenvalue weighted by Crippen LogP contribution is -2.50. The van der Waals surface area contributed by atoms with Crippen LogP contribution in [-0.2, 0) is 0 Å². The number of aromatic amines is 1. The number of fused-ring (bicyclic) bond motifs is 2. The summed E-state index contributed by atoms with van der Waals surface area (Å²) in [5.41, 5.74) is 2.07. The fraction of sp³-hybridized carbons (Fsp3) is 0.500. The van der Waals surface area contributed by atoms with Gasteiger partial charge in [-0.1, -0.05) is 25.4 Å². The molecule has 6 rings (SSSR count). The molecular weight excluding hydrogens is 405 g/mol. The molecule has 0 saturated heterocycles. The predicted molar refractivity (Wildman–Crippen MR) is 113 cm³/mol. The van der Waals surface area contributed by atoms with Crippen molar-refractivity contribution in [3.05, 3.63) is 35.5 Å². The lowest BCUT2D eigenvalue weighted by Gasteiger charge is -2.48. The summed E-state index contributed by atoms with van der Waals surface area (Å²) in [7, 11) is 0. The number of hydrogen-bond donors (Lipinski definition) is 3. The summed E-state index contributed by atoms with van der Waals surface area (Å²) in [5.74, 6) is 1.29. The Bertz CT molecular complexity index is 1180. The van der Waals surface area contributed by atoms with Gasteiger partial charge in [-0.15, -0.1) is 0 Å². The average molecular weight is 428 g/mol. The Hall–Kier alpha value is -2.25. The molecule has 3 aromatic heterocycles. The Labute approximate surface area is 178 Å². The number of nitrogens with one attached hydrogen (secondary N) is 2. The van der Waals surface area contributed by atoms with Crippen LogP contribution < -0.4 is 5.32 Å². The first-order valence-corrected chi connectivity index (χ1v) is 10.8. The molecule has 3 fully saturated rings. The van der Waals surface area contributed by atoms with Crippen molar-refractivity contribution in [1.82, 2.24) is 19.9 Å². The van der Waals surface area contributed by atoms with Crippen molar-refractivity contribution in [3.63, 3.8) is 0 Å². The van der Waals surface area contributed by atoms with Crippen LogP contribution in [-0.4, -0.2) is 37.7 Å². The summed E-state index contributed by atoms with van der Waals surface area (Å²) in [5, 5.41) is 14.7. The third-order valence-corrected chi connectivity index (χ3v) is 8.76. The van der Waals surface area contributed by atoms with Crippen molar-refractivity contribution >= 4 is 28.5 Å². The minimum atomic E-state index is -0.489. The molecule has 3 saturated carbocycles. The zero-order chi connectivity index (χ0) is 20.8. The number of nitrogens with zero attached hydrogens (tertiary/aromatic N) is 3. The highest BCUT2D eigenvalue weighted by Gasteiger charge is 2.84. The molecule has 3 aliphatic carbocycles. The van der Waals surface area contributed by atoms with Crippen molar-refractivity contribution in [2.75, 3.05) is 11.9 Å². The molecule has 3 aliphatic rings. The number of pyridine rings is 1. The highest BCUT2D eigenvalue weighted by molar-refractivity contribution is 6.31. The van der Waals surface area contributed by atoms with E-state index >= 15 is 0 Å². The normalized spacial score (nSPS) is 36.3. The average Bonchev–Trinajstić information content (AvgIpc) is 2.98. The summed E-state index contributed by atoms with van der Waals surface area (Å²) in [6.07, 6.45) is 6.62. The largest absolute Gasteiger partial charge is 0.396 e. The molecule has 3 unspecified atom stereocenters. The summed E-state index contributed by atoms with van der Waals surface area (Å²) >= 11 is 6.10. The lowest BCUT2D eigenvalue weighted by atomic mass is 9.60. The third kappa shape index (κ3) is 2.20. The maximum atomic E-state index is 14.7. The van der Waals surface area contributed by atoms with Crippen molar-refractivity contribution < 1.29 is 9.50 Å². The van der Waals surface area contributed by atoms with E-state index in [0.29, 0.717) is 39.2 Å². The Morgan fingerprint density at radius 1 is 1.33 bits per heavy atom. The van der Waals surface area contributed by atoms with Gasteiger partial charge in [0.15, 0.2) is 17.5 Å². The topological polar surface area (TPSA) is 86.7 Å². The molecule has 3 aromatic rings. The Morgan fingerprint density at radius 3 is 2.97 bits per heavy atom. The molecule has 8 heteroatoms. The third-order valence-electron chi connectivity index (χ3n) is 8.55. The molecule has 156 valence electrons. The van der Waals surface area contributed by atoms with E-state index in [2.05, 4.69) is 39.1 Å². The maximum absolute atomic E-state index is 14.7. The maximum Gasteiger partial charge on any atom is 0.183 e. The summed E-state index contributed by atoms with van der Waals surface area (Å²) in [4.78, 5) is 16.1. The van der Waals surface area contributed by atoms with Crippen LogP contribution in [0.25, 0.3) is 22.4 Å². The molecule has 3 heterocycles. The SMILES string of the molecule is CC12C[C@H]3[C@H](Nc4nc(-c5c[nH]c6ncc(Cl)cc56)ncc4F)C(CO)CC1[C@@]32C. The Balaban J connectivity index is 1.36. The van der Waals surface area contributed by atoms with Gasteiger partial charge in [-0.05, 0) is 41.6 Å². The molecular formula is C22H23ClFN5O. The molecule has 6 nitrogen and oxygen atoms in total. The number of aliphatic hydroxyl groups is 1. The van der Waals surface area contributed by atoms with Gasteiger partial charge in [0.2, 0.25) is 0 Å². The Kier molecular flexibility index (Phi) is 3.65. The summed E-state index contributed by atoms with van der Waals surface area (Å²) in [6, 6.07) is 1.80. The molecule has 0 aromatic carbocycles. The summed E-state index contributed by atoms with van der Waals surface area (Å²) in [6.45, 7) is 4.80. The second kappa shape index (κ2) is 5.92. The van der Waals surface area contributed by atoms with Crippen LogP contribution in [0.2, 0.25) is 5.02 Å². The minimum Gasteiger partial charge on any atom is -0.396 e. The number of H-pyrrole nitrogens is 1. The first-order chi connectivity index (χ1) is 14.4. The van der Waals surface area contributed by atoms with Crippen molar-refractivity contribution in [2.45, 2.75) is 32.7 Å². The van der Waals surface area contributed by atoms with E-state index in [0.717, 1.165) is 23.8 Å². The van der Waals surface area contributed by atoms with Gasteiger partial charge in [0.25, 0.3) is 0 Å². The van der Waals surface area contributed by atoms with Gasteiger partial charge >= 0.3 is 0 Å². The molecule has 0 radical (unpaired) electrons. The van der Waals surface area contributed by atoms with E-state index in [1.807, 2.05) is 0 Å². The lowest BCUT2D eigenvalue weighted by molar-refractivity contribution is 0.0392. The van der Waals surface area contributed by atoms with E-state index in [4.69, 9.17) is 11.6 Å². The molecule has 6 atom stereocenters. The van der Waals surface area contributed by atoms with E-state index < -0.39 is 5.82 Å². The van der Waals surface area contributed by atoms with Gasteiger partial charge in [-0.3, -0.25) is 0 Å². The smallest absolute Gasteiger partial charge is 0.183 e. The van der Waals surface area contributed by atoms with Crippen LogP contribution in [0.5, 0.6) is 0 Å². The molecule has 0 aliphatic heterocycles. The molecule has 0 spiro atoms. The van der Waals surface area contributed by atoms with E-state index in [9.17, 15) is 9.50 Å². The van der Waals surface area contributed by atoms with Gasteiger partial charge in [-0.25, -0.2) is 19.3 Å². The molecule has 0 bridgehead atoms. The number of rotatable bonds is 4. The minimum absolute atomic E-state index is 0.00292. The standard InChI is InChI=1S/C22H23ClFN5O/c1-21-5-14-17(10(9-30)3-16(21)22(14,21)2)28-20-15(24)8-27-19(29-20)13-7-26-18-12(13)4-11(23)6-25-18/h4,6-8,10,14,16-17,30H,3,5,9H2,1-2H3,(H,25,26)(H,27,28,29)/t10?,14-,16?,17+,21?,22+/m0/s1. The summed E-state index contributed by atoms with van der Waals surface area (Å²) < 4.78 is 14.7. The molecule has 30 heavy (non-hydrogen) atoms. The van der Waals surface area contributed by atoms with Crippen LogP contribution in [0.4, 0.5) is 10.2 Å². The van der Waals surface area contributed by atoms with Crippen LogP contribution in [0.15, 0.2) is 24.7 Å². The fourth-order valence-corrected chi connectivity index (χ4v) is 6.87. The van der Waals surface area contributed by atoms with Gasteiger partial charge in [0.05, 0.1) is 11.2 Å². The molecule has 3 N–H and O–H groups in total. The number of hydrogen-bond acceptors (Lipinski definition) is 5. The second-order valence-electron chi connectivity index (χ2n) is 9.55. The van der Waals surface area contributed by atoms with Crippen molar-refractivity contribution in [2.24, 2.45) is 28.6 Å². The van der Waals surface area contributed by atoms with Gasteiger partial charge in [-0.2, -0.15) is 0 Å². The van der Waals surface area contributed by atoms with Crippen LogP contribution >= 0.6 is 11.6 Å². The monoisotopic (exact) mass is 427 g/mol. The number of halogens is 2. The zero-order valence-electron chi connectivity index (χ0n) is 16.8. The van der Waals surface area contributed by atoms with Crippen LogP contribution in [0, 0.1) is 34.4 Å².